The van der Waals surface area contributed by atoms with Crippen LogP contribution in [0, 0.1) is 16.7 Å². The van der Waals surface area contributed by atoms with Crippen molar-refractivity contribution in [3.8, 4) is 11.6 Å². The van der Waals surface area contributed by atoms with Crippen molar-refractivity contribution in [1.82, 2.24) is 19.9 Å². The van der Waals surface area contributed by atoms with Gasteiger partial charge in [-0.2, -0.15) is 0 Å². The highest BCUT2D eigenvalue weighted by Crippen LogP contribution is 2.57. The molecule has 2 heterocycles. The fourth-order valence-corrected chi connectivity index (χ4v) is 8.12. The van der Waals surface area contributed by atoms with Crippen LogP contribution in [0.3, 0.4) is 0 Å². The summed E-state index contributed by atoms with van der Waals surface area (Å²) in [6.07, 6.45) is 2.42. The van der Waals surface area contributed by atoms with Gasteiger partial charge in [-0.3, -0.25) is 19.1 Å². The molecule has 0 unspecified atom stereocenters. The van der Waals surface area contributed by atoms with E-state index in [2.05, 4.69) is 21.6 Å². The fraction of sp³-hybridized carbons (Fsp3) is 0.583. The van der Waals surface area contributed by atoms with Gasteiger partial charge < -0.3 is 24.4 Å². The number of Topliss-reactive ketones (excluding diaryl/α,β-unsaturated/α-hetero) is 1. The predicted octanol–water partition coefficient (Wildman–Crippen LogP) is 4.94. The van der Waals surface area contributed by atoms with E-state index < -0.39 is 79.5 Å². The van der Waals surface area contributed by atoms with Gasteiger partial charge in [0, 0.05) is 28.6 Å². The van der Waals surface area contributed by atoms with Crippen LogP contribution in [-0.2, 0) is 29.1 Å². The van der Waals surface area contributed by atoms with E-state index in [9.17, 15) is 27.6 Å². The number of nitrogens with one attached hydrogen (secondary N) is 2. The predicted molar refractivity (Wildman–Crippen MR) is 191 cm³/mol. The van der Waals surface area contributed by atoms with Gasteiger partial charge in [0.1, 0.15) is 23.5 Å². The number of rotatable bonds is 12. The molecule has 278 valence electrons. The number of methoxy groups -OCH3 is 1. The zero-order valence-electron chi connectivity index (χ0n) is 30.1. The Labute approximate surface area is 303 Å². The molecule has 2 N–H and O–H groups in total. The van der Waals surface area contributed by atoms with Crippen molar-refractivity contribution < 1.29 is 41.8 Å². The number of benzene rings is 1. The maximum absolute atomic E-state index is 14.5. The highest BCUT2D eigenvalue weighted by molar-refractivity contribution is 7.90. The molecule has 1 saturated heterocycles. The van der Waals surface area contributed by atoms with E-state index in [1.807, 2.05) is 0 Å². The van der Waals surface area contributed by atoms with Gasteiger partial charge in [-0.25, -0.2) is 18.2 Å². The zero-order valence-corrected chi connectivity index (χ0v) is 31.7. The van der Waals surface area contributed by atoms with Gasteiger partial charge in [0.15, 0.2) is 5.78 Å². The number of aromatic nitrogens is 1. The summed E-state index contributed by atoms with van der Waals surface area (Å²) in [4.78, 5) is 61.1. The van der Waals surface area contributed by atoms with E-state index in [1.54, 1.807) is 65.8 Å². The lowest BCUT2D eigenvalue weighted by molar-refractivity contribution is -0.142. The number of ketones is 1. The number of halogens is 1. The molecule has 0 radical (unpaired) electrons. The number of allylic oxidation sites excluding steroid dienone is 1. The Morgan fingerprint density at radius 3 is 2.39 bits per heavy atom. The third-order valence-electron chi connectivity index (χ3n) is 9.52. The number of carbonyl (C=O) groups excluding carboxylic acids is 4. The minimum atomic E-state index is -3.87. The van der Waals surface area contributed by atoms with Crippen LogP contribution in [0.25, 0.3) is 10.8 Å². The molecule has 2 aliphatic carbocycles. The normalized spacial score (nSPS) is 24.0. The third kappa shape index (κ3) is 8.43. The molecule has 5 rings (SSSR count). The van der Waals surface area contributed by atoms with Crippen LogP contribution in [0.15, 0.2) is 37.1 Å². The quantitative estimate of drug-likeness (QED) is 0.284. The second-order valence-corrected chi connectivity index (χ2v) is 18.2. The summed E-state index contributed by atoms with van der Waals surface area (Å²) in [7, 11) is -2.35. The summed E-state index contributed by atoms with van der Waals surface area (Å²) in [5, 5.41) is 3.77. The molecular weight excluding hydrogens is 700 g/mol. The Hall–Kier alpha value is -3.91. The summed E-state index contributed by atoms with van der Waals surface area (Å²) in [6.45, 7) is 14.2. The van der Waals surface area contributed by atoms with Crippen molar-refractivity contribution in [3.63, 3.8) is 0 Å². The number of hydrogen-bond acceptors (Lipinski definition) is 10. The second kappa shape index (κ2) is 13.9. The molecule has 15 heteroatoms. The number of carbonyl (C=O) groups is 4. The molecule has 51 heavy (non-hydrogen) atoms. The van der Waals surface area contributed by atoms with Crippen LogP contribution in [0.1, 0.15) is 73.6 Å². The lowest BCUT2D eigenvalue weighted by Crippen LogP contribution is -2.57. The van der Waals surface area contributed by atoms with Gasteiger partial charge in [-0.15, -0.1) is 6.58 Å². The molecule has 1 aromatic carbocycles. The molecule has 13 nitrogen and oxygen atoms in total. The minimum absolute atomic E-state index is 0.0421. The molecule has 3 aliphatic rings. The third-order valence-corrected chi connectivity index (χ3v) is 11.6. The second-order valence-electron chi connectivity index (χ2n) is 15.8. The SMILES string of the molecule is C=C[C@@H]1C[C@]1(CC(=O)[C@@H]1C[C@@H](Oc2ncc(OC)c3ccc(Cl)cc23)CN1C(=O)[C@@H](NC(=O)OC(C)(C)C)C(C)(C)C)C(=O)NS(=O)(=O)C1CC1. The van der Waals surface area contributed by atoms with Gasteiger partial charge in [0.05, 0.1) is 36.6 Å². The van der Waals surface area contributed by atoms with Crippen molar-refractivity contribution in [1.29, 1.82) is 0 Å². The summed E-state index contributed by atoms with van der Waals surface area (Å²) >= 11 is 6.33. The smallest absolute Gasteiger partial charge is 0.408 e. The van der Waals surface area contributed by atoms with Crippen LogP contribution in [-0.4, -0.2) is 84.7 Å². The van der Waals surface area contributed by atoms with Crippen LogP contribution >= 0.6 is 11.6 Å². The van der Waals surface area contributed by atoms with E-state index in [0.717, 1.165) is 0 Å². The van der Waals surface area contributed by atoms with E-state index in [4.69, 9.17) is 25.8 Å². The zero-order chi connectivity index (χ0) is 37.7. The van der Waals surface area contributed by atoms with E-state index in [-0.39, 0.29) is 31.7 Å². The highest BCUT2D eigenvalue weighted by Gasteiger charge is 2.61. The van der Waals surface area contributed by atoms with Gasteiger partial charge in [-0.05, 0) is 69.6 Å². The van der Waals surface area contributed by atoms with Crippen LogP contribution in [0.2, 0.25) is 5.02 Å². The largest absolute Gasteiger partial charge is 0.494 e. The van der Waals surface area contributed by atoms with E-state index in [1.165, 1.54) is 18.2 Å². The number of fused-ring (bicyclic) bond motifs is 1. The van der Waals surface area contributed by atoms with Crippen molar-refractivity contribution in [2.75, 3.05) is 13.7 Å². The number of hydrogen-bond donors (Lipinski definition) is 2. The highest BCUT2D eigenvalue weighted by atomic mass is 35.5. The minimum Gasteiger partial charge on any atom is -0.494 e. The fourth-order valence-electron chi connectivity index (χ4n) is 6.56. The average Bonchev–Trinajstić information content (AvgIpc) is 3.95. The van der Waals surface area contributed by atoms with Crippen LogP contribution < -0.4 is 19.5 Å². The monoisotopic (exact) mass is 746 g/mol. The summed E-state index contributed by atoms with van der Waals surface area (Å²) in [5.41, 5.74) is -2.96. The lowest BCUT2D eigenvalue weighted by Gasteiger charge is -2.36. The standard InChI is InChI=1S/C36H47ClN4O9S/c1-9-20-16-36(20,32(44)40-51(46,47)23-11-12-23)17-27(42)26-15-22(49-30-25-14-21(37)10-13-24(25)28(48-8)18-38-30)19-41(26)31(43)29(34(2,3)4)39-33(45)50-35(5,6)7/h9-10,13-14,18,20,22-23,26,29H,1,11-12,15-17,19H2,2-8H3,(H,39,45)(H,40,44)/t20-,22-,26+,29-,36-/m1/s1. The van der Waals surface area contributed by atoms with Gasteiger partial charge in [0.25, 0.3) is 0 Å². The first-order valence-corrected chi connectivity index (χ1v) is 18.9. The lowest BCUT2D eigenvalue weighted by atomic mass is 9.85. The molecule has 0 spiro atoms. The van der Waals surface area contributed by atoms with Crippen molar-refractivity contribution >= 4 is 56.1 Å². The number of nitrogens with zero attached hydrogens (tertiary/aromatic N) is 2. The number of pyridine rings is 1. The van der Waals surface area contributed by atoms with Crippen LogP contribution in [0.5, 0.6) is 11.6 Å². The molecule has 1 aliphatic heterocycles. The summed E-state index contributed by atoms with van der Waals surface area (Å²) in [5.74, 6) is -1.45. The van der Waals surface area contributed by atoms with Gasteiger partial charge in [0.2, 0.25) is 27.7 Å². The van der Waals surface area contributed by atoms with Gasteiger partial charge >= 0.3 is 6.09 Å². The number of sulfonamides is 1. The van der Waals surface area contributed by atoms with Gasteiger partial charge in [-0.1, -0.05) is 38.4 Å². The molecular formula is C36H47ClN4O9S. The number of amides is 3. The Morgan fingerprint density at radius 2 is 1.82 bits per heavy atom. The topological polar surface area (TPSA) is 170 Å². The number of ether oxygens (including phenoxy) is 3. The van der Waals surface area contributed by atoms with Crippen LogP contribution in [0.4, 0.5) is 4.79 Å². The molecule has 0 bridgehead atoms. The molecule has 1 aromatic heterocycles. The average molecular weight is 747 g/mol. The Kier molecular flexibility index (Phi) is 10.4. The van der Waals surface area contributed by atoms with Crippen molar-refractivity contribution in [3.05, 3.63) is 42.1 Å². The maximum Gasteiger partial charge on any atom is 0.408 e. The van der Waals surface area contributed by atoms with Crippen molar-refractivity contribution in [2.45, 2.75) is 103 Å². The molecule has 3 fully saturated rings. The Bertz CT molecular complexity index is 1850. The molecule has 3 amide bonds. The summed E-state index contributed by atoms with van der Waals surface area (Å²) in [6, 6.07) is 2.99. The first-order valence-electron chi connectivity index (χ1n) is 17.0. The van der Waals surface area contributed by atoms with Crippen molar-refractivity contribution in [2.24, 2.45) is 16.7 Å². The van der Waals surface area contributed by atoms with E-state index in [0.29, 0.717) is 34.4 Å². The number of alkyl carbamates (subject to hydrolysis) is 1. The first kappa shape index (κ1) is 38.3. The summed E-state index contributed by atoms with van der Waals surface area (Å²) < 4.78 is 44.9. The Balaban J connectivity index is 1.46. The van der Waals surface area contributed by atoms with E-state index >= 15 is 0 Å². The first-order chi connectivity index (χ1) is 23.7. The number of likely N-dealkylation sites (tertiary alicyclic amines) is 1. The Morgan fingerprint density at radius 1 is 1.14 bits per heavy atom. The molecule has 5 atom stereocenters. The molecule has 2 saturated carbocycles. The maximum atomic E-state index is 14.5. The molecule has 2 aromatic rings.